The van der Waals surface area contributed by atoms with Crippen molar-refractivity contribution in [3.05, 3.63) is 24.0 Å². The van der Waals surface area contributed by atoms with Gasteiger partial charge in [0, 0.05) is 23.9 Å². The molecule has 1 atom stereocenters. The number of carbonyl (C=O) groups excluding carboxylic acids is 1. The van der Waals surface area contributed by atoms with Crippen LogP contribution in [0, 0.1) is 5.82 Å². The first-order valence-electron chi connectivity index (χ1n) is 5.93. The summed E-state index contributed by atoms with van der Waals surface area (Å²) in [6, 6.07) is 4.38. The van der Waals surface area contributed by atoms with E-state index in [-0.39, 0.29) is 18.5 Å². The standard InChI is InChI=1S/C13H19FN2O2/c1-4-9(2)16-13(17)8-15-11-5-10(14)6-12(7-11)18-3/h5-7,9,15H,4,8H2,1-3H3,(H,16,17). The average molecular weight is 254 g/mol. The molecule has 0 radical (unpaired) electrons. The van der Waals surface area contributed by atoms with Crippen molar-refractivity contribution in [2.45, 2.75) is 26.3 Å². The number of rotatable bonds is 6. The Bertz CT molecular complexity index is 410. The van der Waals surface area contributed by atoms with Crippen molar-refractivity contribution in [3.8, 4) is 5.75 Å². The van der Waals surface area contributed by atoms with E-state index in [0.717, 1.165) is 6.42 Å². The van der Waals surface area contributed by atoms with Gasteiger partial charge in [-0.15, -0.1) is 0 Å². The fraction of sp³-hybridized carbons (Fsp3) is 0.462. The Kier molecular flexibility index (Phi) is 5.42. The normalized spacial score (nSPS) is 11.8. The molecule has 0 spiro atoms. The van der Waals surface area contributed by atoms with Gasteiger partial charge < -0.3 is 15.4 Å². The lowest BCUT2D eigenvalue weighted by Gasteiger charge is -2.12. The molecule has 0 saturated heterocycles. The molecule has 2 N–H and O–H groups in total. The second-order valence-corrected chi connectivity index (χ2v) is 4.11. The molecule has 0 aliphatic heterocycles. The van der Waals surface area contributed by atoms with Gasteiger partial charge in [-0.05, 0) is 19.4 Å². The SMILES string of the molecule is CCC(C)NC(=O)CNc1cc(F)cc(OC)c1. The first-order chi connectivity index (χ1) is 8.55. The second-order valence-electron chi connectivity index (χ2n) is 4.11. The van der Waals surface area contributed by atoms with E-state index < -0.39 is 5.82 Å². The van der Waals surface area contributed by atoms with Crippen LogP contribution in [0.25, 0.3) is 0 Å². The Morgan fingerprint density at radius 3 is 2.78 bits per heavy atom. The van der Waals surface area contributed by atoms with Crippen molar-refractivity contribution in [2.24, 2.45) is 0 Å². The van der Waals surface area contributed by atoms with Crippen LogP contribution in [0.5, 0.6) is 5.75 Å². The minimum Gasteiger partial charge on any atom is -0.497 e. The highest BCUT2D eigenvalue weighted by Crippen LogP contribution is 2.19. The van der Waals surface area contributed by atoms with Gasteiger partial charge in [0.15, 0.2) is 0 Å². The molecule has 1 aromatic carbocycles. The van der Waals surface area contributed by atoms with Gasteiger partial charge in [0.2, 0.25) is 5.91 Å². The summed E-state index contributed by atoms with van der Waals surface area (Å²) in [5, 5.41) is 5.67. The van der Waals surface area contributed by atoms with E-state index in [1.807, 2.05) is 13.8 Å². The topological polar surface area (TPSA) is 50.4 Å². The molecule has 0 aliphatic rings. The number of anilines is 1. The lowest BCUT2D eigenvalue weighted by atomic mass is 10.2. The number of carbonyl (C=O) groups is 1. The molecule has 0 saturated carbocycles. The predicted molar refractivity (Wildman–Crippen MR) is 69.3 cm³/mol. The molecule has 1 unspecified atom stereocenters. The van der Waals surface area contributed by atoms with Crippen LogP contribution < -0.4 is 15.4 Å². The fourth-order valence-corrected chi connectivity index (χ4v) is 1.39. The van der Waals surface area contributed by atoms with Gasteiger partial charge >= 0.3 is 0 Å². The maximum absolute atomic E-state index is 13.2. The Morgan fingerprint density at radius 2 is 2.17 bits per heavy atom. The van der Waals surface area contributed by atoms with Crippen molar-refractivity contribution >= 4 is 11.6 Å². The van der Waals surface area contributed by atoms with E-state index >= 15 is 0 Å². The summed E-state index contributed by atoms with van der Waals surface area (Å²) < 4.78 is 18.1. The van der Waals surface area contributed by atoms with Crippen LogP contribution in [0.15, 0.2) is 18.2 Å². The van der Waals surface area contributed by atoms with E-state index in [0.29, 0.717) is 11.4 Å². The molecule has 0 aromatic heterocycles. The predicted octanol–water partition coefficient (Wildman–Crippen LogP) is 2.16. The molecule has 0 heterocycles. The fourth-order valence-electron chi connectivity index (χ4n) is 1.39. The lowest BCUT2D eigenvalue weighted by molar-refractivity contribution is -0.120. The number of amides is 1. The van der Waals surface area contributed by atoms with Crippen molar-refractivity contribution in [1.82, 2.24) is 5.32 Å². The molecular formula is C13H19FN2O2. The minimum absolute atomic E-state index is 0.108. The summed E-state index contributed by atoms with van der Waals surface area (Å²) in [4.78, 5) is 11.5. The summed E-state index contributed by atoms with van der Waals surface area (Å²) >= 11 is 0. The molecule has 1 aromatic rings. The van der Waals surface area contributed by atoms with E-state index in [1.165, 1.54) is 19.2 Å². The zero-order valence-electron chi connectivity index (χ0n) is 10.9. The highest BCUT2D eigenvalue weighted by atomic mass is 19.1. The van der Waals surface area contributed by atoms with Crippen molar-refractivity contribution < 1.29 is 13.9 Å². The van der Waals surface area contributed by atoms with Gasteiger partial charge in [-0.1, -0.05) is 6.92 Å². The average Bonchev–Trinajstić information content (AvgIpc) is 2.35. The van der Waals surface area contributed by atoms with Gasteiger partial charge in [-0.25, -0.2) is 4.39 Å². The molecule has 0 aliphatic carbocycles. The first kappa shape index (κ1) is 14.3. The van der Waals surface area contributed by atoms with Crippen LogP contribution >= 0.6 is 0 Å². The number of hydrogen-bond donors (Lipinski definition) is 2. The third-order valence-electron chi connectivity index (χ3n) is 2.58. The van der Waals surface area contributed by atoms with Gasteiger partial charge in [0.25, 0.3) is 0 Å². The van der Waals surface area contributed by atoms with E-state index in [2.05, 4.69) is 10.6 Å². The van der Waals surface area contributed by atoms with Crippen LogP contribution in [0.4, 0.5) is 10.1 Å². The summed E-state index contributed by atoms with van der Waals surface area (Å²) in [5.41, 5.74) is 0.520. The first-order valence-corrected chi connectivity index (χ1v) is 5.93. The number of methoxy groups -OCH3 is 1. The third kappa shape index (κ3) is 4.61. The van der Waals surface area contributed by atoms with E-state index in [1.54, 1.807) is 6.07 Å². The number of nitrogens with one attached hydrogen (secondary N) is 2. The monoisotopic (exact) mass is 254 g/mol. The number of benzene rings is 1. The van der Waals surface area contributed by atoms with Gasteiger partial charge in [-0.3, -0.25) is 4.79 Å². The molecule has 5 heteroatoms. The number of ether oxygens (including phenoxy) is 1. The molecule has 1 rings (SSSR count). The number of halogens is 1. The lowest BCUT2D eigenvalue weighted by Crippen LogP contribution is -2.36. The van der Waals surface area contributed by atoms with E-state index in [4.69, 9.17) is 4.74 Å². The maximum Gasteiger partial charge on any atom is 0.239 e. The van der Waals surface area contributed by atoms with Crippen LogP contribution in [-0.4, -0.2) is 25.6 Å². The highest BCUT2D eigenvalue weighted by molar-refractivity contribution is 5.81. The Labute approximate surface area is 107 Å². The van der Waals surface area contributed by atoms with Crippen molar-refractivity contribution in [1.29, 1.82) is 0 Å². The summed E-state index contributed by atoms with van der Waals surface area (Å²) in [6.07, 6.45) is 0.875. The zero-order valence-corrected chi connectivity index (χ0v) is 10.9. The summed E-state index contributed by atoms with van der Waals surface area (Å²) in [5.74, 6) is -0.105. The minimum atomic E-state index is -0.404. The third-order valence-corrected chi connectivity index (χ3v) is 2.58. The quantitative estimate of drug-likeness (QED) is 0.818. The summed E-state index contributed by atoms with van der Waals surface area (Å²) in [7, 11) is 1.47. The molecule has 18 heavy (non-hydrogen) atoms. The highest BCUT2D eigenvalue weighted by Gasteiger charge is 2.06. The largest absolute Gasteiger partial charge is 0.497 e. The molecule has 4 nitrogen and oxygen atoms in total. The molecule has 1 amide bonds. The molecule has 0 fully saturated rings. The van der Waals surface area contributed by atoms with Gasteiger partial charge in [0.1, 0.15) is 11.6 Å². The molecule has 0 bridgehead atoms. The van der Waals surface area contributed by atoms with Crippen LogP contribution in [-0.2, 0) is 4.79 Å². The van der Waals surface area contributed by atoms with Crippen LogP contribution in [0.2, 0.25) is 0 Å². The Morgan fingerprint density at radius 1 is 1.44 bits per heavy atom. The Balaban J connectivity index is 2.52. The van der Waals surface area contributed by atoms with E-state index in [9.17, 15) is 9.18 Å². The number of hydrogen-bond acceptors (Lipinski definition) is 3. The maximum atomic E-state index is 13.2. The van der Waals surface area contributed by atoms with Crippen LogP contribution in [0.3, 0.4) is 0 Å². The molecular weight excluding hydrogens is 235 g/mol. The van der Waals surface area contributed by atoms with Crippen LogP contribution in [0.1, 0.15) is 20.3 Å². The van der Waals surface area contributed by atoms with Gasteiger partial charge in [0.05, 0.1) is 13.7 Å². The second kappa shape index (κ2) is 6.83. The van der Waals surface area contributed by atoms with Crippen molar-refractivity contribution in [3.63, 3.8) is 0 Å². The van der Waals surface area contributed by atoms with Crippen molar-refractivity contribution in [2.75, 3.05) is 19.0 Å². The zero-order chi connectivity index (χ0) is 13.5. The molecule has 100 valence electrons. The summed E-state index contributed by atoms with van der Waals surface area (Å²) in [6.45, 7) is 4.04. The smallest absolute Gasteiger partial charge is 0.239 e. The van der Waals surface area contributed by atoms with Gasteiger partial charge in [-0.2, -0.15) is 0 Å². The Hall–Kier alpha value is -1.78.